The predicted molar refractivity (Wildman–Crippen MR) is 78.2 cm³/mol. The molecule has 0 spiro atoms. The first-order chi connectivity index (χ1) is 9.21. The molecule has 0 bridgehead atoms. The summed E-state index contributed by atoms with van der Waals surface area (Å²) in [6.45, 7) is 5.82. The molecular weight excluding hydrogens is 256 g/mol. The third kappa shape index (κ3) is 5.12. The molecule has 116 valence electrons. The molecule has 3 atom stereocenters. The van der Waals surface area contributed by atoms with Crippen molar-refractivity contribution in [2.75, 3.05) is 0 Å². The van der Waals surface area contributed by atoms with Crippen molar-refractivity contribution in [3.8, 4) is 0 Å². The molecular formula is C15H28N2O3. The Morgan fingerprint density at radius 3 is 2.40 bits per heavy atom. The highest BCUT2D eigenvalue weighted by atomic mass is 16.4. The summed E-state index contributed by atoms with van der Waals surface area (Å²) in [5, 5.41) is 11.9. The second-order valence-electron chi connectivity index (χ2n) is 6.93. The van der Waals surface area contributed by atoms with Gasteiger partial charge in [-0.25, -0.2) is 0 Å². The Morgan fingerprint density at radius 1 is 1.25 bits per heavy atom. The van der Waals surface area contributed by atoms with Gasteiger partial charge in [0.05, 0.1) is 12.3 Å². The molecule has 0 saturated heterocycles. The Labute approximate surface area is 121 Å². The fourth-order valence-corrected chi connectivity index (χ4v) is 2.69. The van der Waals surface area contributed by atoms with Crippen LogP contribution >= 0.6 is 0 Å². The Bertz CT molecular complexity index is 350. The summed E-state index contributed by atoms with van der Waals surface area (Å²) >= 11 is 0. The maximum absolute atomic E-state index is 12.4. The molecule has 0 aromatic rings. The Hall–Kier alpha value is -1.10. The molecule has 3 unspecified atom stereocenters. The molecule has 0 aromatic carbocycles. The van der Waals surface area contributed by atoms with E-state index in [0.29, 0.717) is 0 Å². The van der Waals surface area contributed by atoms with Crippen LogP contribution in [0.25, 0.3) is 0 Å². The lowest BCUT2D eigenvalue weighted by Gasteiger charge is -2.32. The van der Waals surface area contributed by atoms with Crippen LogP contribution in [0.3, 0.4) is 0 Å². The summed E-state index contributed by atoms with van der Waals surface area (Å²) in [6, 6.07) is -0.481. The number of hydrogen-bond acceptors (Lipinski definition) is 3. The van der Waals surface area contributed by atoms with Crippen LogP contribution in [-0.2, 0) is 9.59 Å². The first kappa shape index (κ1) is 17.0. The second-order valence-corrected chi connectivity index (χ2v) is 6.93. The normalized spacial score (nSPS) is 25.6. The monoisotopic (exact) mass is 284 g/mol. The van der Waals surface area contributed by atoms with Gasteiger partial charge in [0.2, 0.25) is 5.91 Å². The van der Waals surface area contributed by atoms with Crippen LogP contribution in [-0.4, -0.2) is 29.1 Å². The van der Waals surface area contributed by atoms with E-state index in [1.807, 2.05) is 20.8 Å². The van der Waals surface area contributed by atoms with Crippen molar-refractivity contribution in [3.05, 3.63) is 0 Å². The van der Waals surface area contributed by atoms with Crippen molar-refractivity contribution in [1.82, 2.24) is 5.32 Å². The lowest BCUT2D eigenvalue weighted by molar-refractivity contribution is -0.138. The van der Waals surface area contributed by atoms with Crippen LogP contribution in [0.2, 0.25) is 0 Å². The summed E-state index contributed by atoms with van der Waals surface area (Å²) < 4.78 is 0. The van der Waals surface area contributed by atoms with Crippen molar-refractivity contribution in [1.29, 1.82) is 0 Å². The first-order valence-corrected chi connectivity index (χ1v) is 7.49. The maximum Gasteiger partial charge on any atom is 0.305 e. The van der Waals surface area contributed by atoms with E-state index in [9.17, 15) is 9.59 Å². The van der Waals surface area contributed by atoms with Crippen LogP contribution in [0.1, 0.15) is 59.3 Å². The van der Waals surface area contributed by atoms with Crippen molar-refractivity contribution < 1.29 is 14.7 Å². The van der Waals surface area contributed by atoms with E-state index < -0.39 is 5.97 Å². The van der Waals surface area contributed by atoms with Crippen molar-refractivity contribution >= 4 is 11.9 Å². The zero-order valence-electron chi connectivity index (χ0n) is 12.8. The van der Waals surface area contributed by atoms with Gasteiger partial charge in [0.15, 0.2) is 0 Å². The highest BCUT2D eigenvalue weighted by Gasteiger charge is 2.33. The predicted octanol–water partition coefficient (Wildman–Crippen LogP) is 1.90. The Kier molecular flexibility index (Phi) is 5.99. The number of carbonyl (C=O) groups is 2. The molecule has 0 radical (unpaired) electrons. The number of carboxylic acid groups (broad SMARTS) is 1. The minimum atomic E-state index is -0.893. The van der Waals surface area contributed by atoms with Crippen molar-refractivity contribution in [2.45, 2.75) is 71.4 Å². The molecule has 0 aromatic heterocycles. The third-order valence-corrected chi connectivity index (χ3v) is 4.15. The van der Waals surface area contributed by atoms with Crippen molar-refractivity contribution in [2.24, 2.45) is 17.1 Å². The highest BCUT2D eigenvalue weighted by molar-refractivity contribution is 5.80. The van der Waals surface area contributed by atoms with Gasteiger partial charge in [-0.2, -0.15) is 0 Å². The minimum Gasteiger partial charge on any atom is -0.481 e. The molecule has 1 aliphatic rings. The molecule has 0 aliphatic heterocycles. The maximum atomic E-state index is 12.4. The van der Waals surface area contributed by atoms with E-state index in [1.165, 1.54) is 0 Å². The molecule has 0 heterocycles. The third-order valence-electron chi connectivity index (χ3n) is 4.15. The van der Waals surface area contributed by atoms with Crippen molar-refractivity contribution in [3.63, 3.8) is 0 Å². The number of rotatable bonds is 4. The van der Waals surface area contributed by atoms with Gasteiger partial charge in [-0.15, -0.1) is 0 Å². The molecule has 1 rings (SSSR count). The average molecular weight is 284 g/mol. The lowest BCUT2D eigenvalue weighted by Crippen LogP contribution is -2.50. The highest BCUT2D eigenvalue weighted by Crippen LogP contribution is 2.25. The lowest BCUT2D eigenvalue weighted by atomic mass is 9.84. The topological polar surface area (TPSA) is 92.4 Å². The summed E-state index contributed by atoms with van der Waals surface area (Å²) in [4.78, 5) is 23.4. The van der Waals surface area contributed by atoms with Crippen LogP contribution in [0.4, 0.5) is 0 Å². The van der Waals surface area contributed by atoms with Gasteiger partial charge in [-0.3, -0.25) is 9.59 Å². The smallest absolute Gasteiger partial charge is 0.305 e. The Morgan fingerprint density at radius 2 is 1.85 bits per heavy atom. The number of amides is 1. The van der Waals surface area contributed by atoms with Gasteiger partial charge >= 0.3 is 5.97 Å². The van der Waals surface area contributed by atoms with Gasteiger partial charge in [0, 0.05) is 12.1 Å². The quantitative estimate of drug-likeness (QED) is 0.687. The number of hydrogen-bond donors (Lipinski definition) is 3. The molecule has 1 amide bonds. The zero-order valence-corrected chi connectivity index (χ0v) is 12.8. The summed E-state index contributed by atoms with van der Waals surface area (Å²) in [5.41, 5.74) is 5.80. The first-order valence-electron chi connectivity index (χ1n) is 7.49. The van der Waals surface area contributed by atoms with E-state index in [0.717, 1.165) is 32.1 Å². The number of nitrogens with one attached hydrogen (secondary N) is 1. The molecule has 1 saturated carbocycles. The molecule has 20 heavy (non-hydrogen) atoms. The van der Waals surface area contributed by atoms with Crippen LogP contribution in [0.15, 0.2) is 0 Å². The second kappa shape index (κ2) is 7.07. The molecule has 1 aliphatic carbocycles. The van der Waals surface area contributed by atoms with E-state index in [-0.39, 0.29) is 35.7 Å². The standard InChI is InChI=1S/C15H28N2O3/c1-15(2,3)12(9-13(18)19)17-14(20)10-7-5-4-6-8-11(10)16/h10-12H,4-9,16H2,1-3H3,(H,17,20)(H,18,19). The van der Waals surface area contributed by atoms with E-state index in [2.05, 4.69) is 5.32 Å². The van der Waals surface area contributed by atoms with E-state index in [1.54, 1.807) is 0 Å². The molecule has 5 heteroatoms. The van der Waals surface area contributed by atoms with Crippen LogP contribution < -0.4 is 11.1 Å². The van der Waals surface area contributed by atoms with Gasteiger partial charge in [-0.05, 0) is 18.3 Å². The number of carboxylic acids is 1. The summed E-state index contributed by atoms with van der Waals surface area (Å²) in [5.74, 6) is -1.16. The van der Waals surface area contributed by atoms with E-state index >= 15 is 0 Å². The molecule has 1 fully saturated rings. The average Bonchev–Trinajstić information content (AvgIpc) is 2.51. The summed E-state index contributed by atoms with van der Waals surface area (Å²) in [6.07, 6.45) is 4.83. The largest absolute Gasteiger partial charge is 0.481 e. The minimum absolute atomic E-state index is 0.0583. The molecule has 4 N–H and O–H groups in total. The molecule has 5 nitrogen and oxygen atoms in total. The van der Waals surface area contributed by atoms with E-state index in [4.69, 9.17) is 10.8 Å². The number of aliphatic carboxylic acids is 1. The SMILES string of the molecule is CC(C)(C)C(CC(=O)O)NC(=O)C1CCCCCC1N. The number of carbonyl (C=O) groups excluding carboxylic acids is 1. The van der Waals surface area contributed by atoms with Gasteiger partial charge in [0.1, 0.15) is 0 Å². The fraction of sp³-hybridized carbons (Fsp3) is 0.867. The fourth-order valence-electron chi connectivity index (χ4n) is 2.69. The van der Waals surface area contributed by atoms with Gasteiger partial charge in [-0.1, -0.05) is 40.0 Å². The summed E-state index contributed by atoms with van der Waals surface area (Å²) in [7, 11) is 0. The zero-order chi connectivity index (χ0) is 15.3. The number of nitrogens with two attached hydrogens (primary N) is 1. The van der Waals surface area contributed by atoms with Gasteiger partial charge in [0.25, 0.3) is 0 Å². The Balaban J connectivity index is 2.71. The van der Waals surface area contributed by atoms with Crippen LogP contribution in [0, 0.1) is 11.3 Å². The van der Waals surface area contributed by atoms with Gasteiger partial charge < -0.3 is 16.2 Å². The van der Waals surface area contributed by atoms with Crippen LogP contribution in [0.5, 0.6) is 0 Å².